The van der Waals surface area contributed by atoms with E-state index in [1.165, 1.54) is 5.56 Å². The first kappa shape index (κ1) is 18.0. The summed E-state index contributed by atoms with van der Waals surface area (Å²) in [5.41, 5.74) is 3.20. The molecule has 1 amide bonds. The van der Waals surface area contributed by atoms with Crippen molar-refractivity contribution in [3.05, 3.63) is 52.5 Å². The number of hydrogen-bond donors (Lipinski definition) is 1. The Labute approximate surface area is 164 Å². The number of halogens is 1. The quantitative estimate of drug-likeness (QED) is 0.857. The second-order valence-corrected chi connectivity index (χ2v) is 7.47. The lowest BCUT2D eigenvalue weighted by molar-refractivity contribution is -0.121. The van der Waals surface area contributed by atoms with E-state index in [1.54, 1.807) is 7.11 Å². The fraction of sp³-hybridized carbons (Fsp3) is 0.381. The zero-order valence-electron chi connectivity index (χ0n) is 15.3. The van der Waals surface area contributed by atoms with Gasteiger partial charge in [0.25, 0.3) is 0 Å². The van der Waals surface area contributed by atoms with Crippen LogP contribution in [0.15, 0.2) is 36.4 Å². The summed E-state index contributed by atoms with van der Waals surface area (Å²) in [6.07, 6.45) is 2.22. The van der Waals surface area contributed by atoms with Gasteiger partial charge in [0.1, 0.15) is 11.5 Å². The van der Waals surface area contributed by atoms with E-state index in [1.807, 2.05) is 30.3 Å². The molecule has 0 spiro atoms. The molecule has 2 aliphatic rings. The molecule has 1 fully saturated rings. The third-order valence-electron chi connectivity index (χ3n) is 5.15. The monoisotopic (exact) mass is 386 g/mol. The number of methoxy groups -OCH3 is 1. The van der Waals surface area contributed by atoms with E-state index in [2.05, 4.69) is 16.3 Å². The fourth-order valence-electron chi connectivity index (χ4n) is 3.82. The van der Waals surface area contributed by atoms with Gasteiger partial charge in [-0.3, -0.25) is 4.79 Å². The van der Waals surface area contributed by atoms with Crippen molar-refractivity contribution >= 4 is 23.2 Å². The summed E-state index contributed by atoms with van der Waals surface area (Å²) in [4.78, 5) is 14.7. The Morgan fingerprint density at radius 2 is 2.22 bits per heavy atom. The molecule has 0 aliphatic carbocycles. The number of anilines is 1. The van der Waals surface area contributed by atoms with Crippen molar-refractivity contribution in [2.75, 3.05) is 31.7 Å². The Morgan fingerprint density at radius 3 is 3.07 bits per heavy atom. The topological polar surface area (TPSA) is 50.8 Å². The van der Waals surface area contributed by atoms with Crippen LogP contribution in [-0.2, 0) is 17.6 Å². The highest BCUT2D eigenvalue weighted by atomic mass is 35.5. The minimum Gasteiger partial charge on any atom is -0.495 e. The zero-order chi connectivity index (χ0) is 18.8. The standard InChI is InChI=1S/C21H23ClN2O3/c1-26-20-5-3-16(22)12-18(20)24-8-6-17(13-24)23-21(25)11-14-2-4-19-15(10-14)7-9-27-19/h2-5,10,12,17H,6-9,11,13H2,1H3,(H,23,25). The van der Waals surface area contributed by atoms with E-state index in [4.69, 9.17) is 21.1 Å². The number of rotatable bonds is 5. The van der Waals surface area contributed by atoms with Crippen LogP contribution in [0.1, 0.15) is 17.5 Å². The first-order valence-corrected chi connectivity index (χ1v) is 9.62. The number of nitrogens with one attached hydrogen (secondary N) is 1. The molecule has 1 saturated heterocycles. The third-order valence-corrected chi connectivity index (χ3v) is 5.39. The van der Waals surface area contributed by atoms with Crippen LogP contribution in [0.4, 0.5) is 5.69 Å². The lowest BCUT2D eigenvalue weighted by atomic mass is 10.1. The minimum atomic E-state index is 0.0544. The molecule has 5 nitrogen and oxygen atoms in total. The number of ether oxygens (including phenoxy) is 2. The van der Waals surface area contributed by atoms with Crippen LogP contribution >= 0.6 is 11.6 Å². The van der Waals surface area contributed by atoms with Gasteiger partial charge in [0.2, 0.25) is 5.91 Å². The van der Waals surface area contributed by atoms with Crippen LogP contribution in [-0.4, -0.2) is 38.8 Å². The number of carbonyl (C=O) groups is 1. The molecule has 2 aromatic carbocycles. The molecular weight excluding hydrogens is 364 g/mol. The molecule has 6 heteroatoms. The average molecular weight is 387 g/mol. The Balaban J connectivity index is 1.36. The van der Waals surface area contributed by atoms with Crippen molar-refractivity contribution < 1.29 is 14.3 Å². The molecule has 0 radical (unpaired) electrons. The molecule has 1 unspecified atom stereocenters. The van der Waals surface area contributed by atoms with Crippen LogP contribution in [0.25, 0.3) is 0 Å². The zero-order valence-corrected chi connectivity index (χ0v) is 16.1. The van der Waals surface area contributed by atoms with E-state index >= 15 is 0 Å². The van der Waals surface area contributed by atoms with E-state index in [0.717, 1.165) is 55.3 Å². The van der Waals surface area contributed by atoms with Crippen molar-refractivity contribution in [1.29, 1.82) is 0 Å². The third kappa shape index (κ3) is 3.98. The molecule has 4 rings (SSSR count). The van der Waals surface area contributed by atoms with Crippen molar-refractivity contribution in [3.63, 3.8) is 0 Å². The molecule has 27 heavy (non-hydrogen) atoms. The number of fused-ring (bicyclic) bond motifs is 1. The molecule has 0 saturated carbocycles. The van der Waals surface area contributed by atoms with Crippen molar-refractivity contribution in [3.8, 4) is 11.5 Å². The SMILES string of the molecule is COc1ccc(Cl)cc1N1CCC(NC(=O)Cc2ccc3c(c2)CCO3)C1. The summed E-state index contributed by atoms with van der Waals surface area (Å²) in [5, 5.41) is 3.84. The summed E-state index contributed by atoms with van der Waals surface area (Å²) in [6.45, 7) is 2.34. The van der Waals surface area contributed by atoms with Crippen molar-refractivity contribution in [2.24, 2.45) is 0 Å². The Kier molecular flexibility index (Phi) is 5.12. The van der Waals surface area contributed by atoms with Crippen LogP contribution in [0.3, 0.4) is 0 Å². The average Bonchev–Trinajstić information content (AvgIpc) is 3.30. The van der Waals surface area contributed by atoms with Gasteiger partial charge in [-0.05, 0) is 41.8 Å². The predicted octanol–water partition coefficient (Wildman–Crippen LogP) is 3.22. The van der Waals surface area contributed by atoms with Crippen LogP contribution in [0.5, 0.6) is 11.5 Å². The van der Waals surface area contributed by atoms with Crippen LogP contribution < -0.4 is 19.7 Å². The molecule has 2 heterocycles. The van der Waals surface area contributed by atoms with Gasteiger partial charge in [-0.2, -0.15) is 0 Å². The van der Waals surface area contributed by atoms with E-state index in [0.29, 0.717) is 11.4 Å². The lowest BCUT2D eigenvalue weighted by Gasteiger charge is -2.21. The Morgan fingerprint density at radius 1 is 1.33 bits per heavy atom. The van der Waals surface area contributed by atoms with Gasteiger partial charge in [-0.25, -0.2) is 0 Å². The highest BCUT2D eigenvalue weighted by Crippen LogP contribution is 2.33. The van der Waals surface area contributed by atoms with Crippen LogP contribution in [0, 0.1) is 0 Å². The second kappa shape index (κ2) is 7.69. The van der Waals surface area contributed by atoms with E-state index < -0.39 is 0 Å². The number of nitrogens with zero attached hydrogens (tertiary/aromatic N) is 1. The highest BCUT2D eigenvalue weighted by molar-refractivity contribution is 6.30. The van der Waals surface area contributed by atoms with Gasteiger partial charge < -0.3 is 19.7 Å². The highest BCUT2D eigenvalue weighted by Gasteiger charge is 2.26. The summed E-state index contributed by atoms with van der Waals surface area (Å²) in [5.74, 6) is 1.80. The van der Waals surface area contributed by atoms with Gasteiger partial charge in [-0.1, -0.05) is 23.7 Å². The molecule has 0 bridgehead atoms. The van der Waals surface area contributed by atoms with Crippen molar-refractivity contribution in [2.45, 2.75) is 25.3 Å². The Hall–Kier alpha value is -2.40. The van der Waals surface area contributed by atoms with Gasteiger partial charge in [0.15, 0.2) is 0 Å². The molecule has 1 N–H and O–H groups in total. The molecule has 2 aromatic rings. The van der Waals surface area contributed by atoms with Gasteiger partial charge in [-0.15, -0.1) is 0 Å². The normalized spacial score (nSPS) is 18.1. The summed E-state index contributed by atoms with van der Waals surface area (Å²) in [7, 11) is 1.66. The predicted molar refractivity (Wildman–Crippen MR) is 106 cm³/mol. The van der Waals surface area contributed by atoms with Gasteiger partial charge in [0.05, 0.1) is 25.8 Å². The maximum absolute atomic E-state index is 12.5. The van der Waals surface area contributed by atoms with Gasteiger partial charge in [0, 0.05) is 30.6 Å². The number of carbonyl (C=O) groups excluding carboxylic acids is 1. The number of benzene rings is 2. The lowest BCUT2D eigenvalue weighted by Crippen LogP contribution is -2.38. The minimum absolute atomic E-state index is 0.0544. The number of amides is 1. The summed E-state index contributed by atoms with van der Waals surface area (Å²) < 4.78 is 11.0. The first-order valence-electron chi connectivity index (χ1n) is 9.25. The van der Waals surface area contributed by atoms with Crippen LogP contribution in [0.2, 0.25) is 5.02 Å². The molecular formula is C21H23ClN2O3. The molecule has 2 aliphatic heterocycles. The van der Waals surface area contributed by atoms with E-state index in [9.17, 15) is 4.79 Å². The second-order valence-electron chi connectivity index (χ2n) is 7.03. The maximum atomic E-state index is 12.5. The first-order chi connectivity index (χ1) is 13.1. The molecule has 1 atom stereocenters. The fourth-order valence-corrected chi connectivity index (χ4v) is 3.99. The molecule has 142 valence electrons. The maximum Gasteiger partial charge on any atom is 0.224 e. The summed E-state index contributed by atoms with van der Waals surface area (Å²) in [6, 6.07) is 11.8. The van der Waals surface area contributed by atoms with Crippen molar-refractivity contribution in [1.82, 2.24) is 5.32 Å². The summed E-state index contributed by atoms with van der Waals surface area (Å²) >= 11 is 6.14. The van der Waals surface area contributed by atoms with E-state index in [-0.39, 0.29) is 11.9 Å². The number of hydrogen-bond acceptors (Lipinski definition) is 4. The van der Waals surface area contributed by atoms with Gasteiger partial charge >= 0.3 is 0 Å². The Bertz CT molecular complexity index is 855. The molecule has 0 aromatic heterocycles. The largest absolute Gasteiger partial charge is 0.495 e. The smallest absolute Gasteiger partial charge is 0.224 e.